The number of nitrogens with zero attached hydrogens (tertiary/aromatic N) is 2. The lowest BCUT2D eigenvalue weighted by atomic mass is 9.89. The van der Waals surface area contributed by atoms with Crippen molar-refractivity contribution in [1.82, 2.24) is 9.47 Å². The number of benzene rings is 1. The zero-order chi connectivity index (χ0) is 19.7. The van der Waals surface area contributed by atoms with Crippen LogP contribution in [0, 0.1) is 5.92 Å². The first kappa shape index (κ1) is 19.3. The Balaban J connectivity index is 1.62. The molecule has 2 fully saturated rings. The summed E-state index contributed by atoms with van der Waals surface area (Å²) in [7, 11) is 0. The molecule has 1 aromatic heterocycles. The summed E-state index contributed by atoms with van der Waals surface area (Å²) >= 11 is 1.09. The van der Waals surface area contributed by atoms with Crippen LogP contribution in [0.5, 0.6) is 0 Å². The number of hydrogen-bond donors (Lipinski definition) is 0. The largest absolute Gasteiger partial charge is 0.344 e. The Bertz CT molecular complexity index is 924. The first-order valence-electron chi connectivity index (χ1n) is 10.4. The number of carbonyl (C=O) groups is 2. The van der Waals surface area contributed by atoms with Crippen LogP contribution in [0.3, 0.4) is 0 Å². The number of hydrogen-bond acceptors (Lipinski definition) is 3. The van der Waals surface area contributed by atoms with Crippen molar-refractivity contribution >= 4 is 39.9 Å². The third-order valence-electron chi connectivity index (χ3n) is 6.16. The lowest BCUT2D eigenvalue weighted by Gasteiger charge is -2.25. The van der Waals surface area contributed by atoms with Gasteiger partial charge >= 0.3 is 0 Å². The van der Waals surface area contributed by atoms with E-state index in [4.69, 9.17) is 0 Å². The van der Waals surface area contributed by atoms with Crippen LogP contribution in [-0.2, 0) is 4.79 Å². The molecule has 0 bridgehead atoms. The van der Waals surface area contributed by atoms with Gasteiger partial charge < -0.3 is 4.57 Å². The van der Waals surface area contributed by atoms with Crippen molar-refractivity contribution in [3.05, 3.63) is 40.9 Å². The van der Waals surface area contributed by atoms with Crippen LogP contribution >= 0.6 is 11.8 Å². The van der Waals surface area contributed by atoms with Gasteiger partial charge in [-0.1, -0.05) is 44.4 Å². The maximum atomic E-state index is 12.9. The third-order valence-corrected chi connectivity index (χ3v) is 7.07. The fourth-order valence-corrected chi connectivity index (χ4v) is 5.17. The van der Waals surface area contributed by atoms with Crippen molar-refractivity contribution in [3.8, 4) is 0 Å². The van der Waals surface area contributed by atoms with Crippen molar-refractivity contribution in [2.45, 2.75) is 58.4 Å². The van der Waals surface area contributed by atoms with E-state index in [1.165, 1.54) is 29.7 Å². The zero-order valence-corrected chi connectivity index (χ0v) is 17.5. The van der Waals surface area contributed by atoms with Gasteiger partial charge in [0.15, 0.2) is 0 Å². The maximum absolute atomic E-state index is 12.9. The minimum absolute atomic E-state index is 0.118. The third kappa shape index (κ3) is 3.64. The van der Waals surface area contributed by atoms with E-state index in [1.54, 1.807) is 0 Å². The smallest absolute Gasteiger partial charge is 0.293 e. The van der Waals surface area contributed by atoms with Crippen LogP contribution in [0.1, 0.15) is 64.0 Å². The molecule has 2 heterocycles. The molecule has 1 aromatic carbocycles. The molecule has 2 aliphatic rings. The van der Waals surface area contributed by atoms with Crippen LogP contribution in [0.2, 0.25) is 0 Å². The van der Waals surface area contributed by atoms with E-state index in [2.05, 4.69) is 36.7 Å². The van der Waals surface area contributed by atoms with Crippen molar-refractivity contribution < 1.29 is 9.59 Å². The monoisotopic (exact) mass is 396 g/mol. The standard InChI is InChI=1S/C23H28N2O2S/c1-3-16(2)24-15-18(19-11-7-8-12-20(19)24)13-21-22(26)25(23(27)28-21)14-17-9-5-4-6-10-17/h7-8,11-13,15-17H,3-6,9-10,14H2,1-2H3/b21-13+/t16-/m1/s1. The van der Waals surface area contributed by atoms with Crippen molar-refractivity contribution in [2.24, 2.45) is 5.92 Å². The minimum atomic E-state index is -0.124. The summed E-state index contributed by atoms with van der Waals surface area (Å²) in [4.78, 5) is 27.5. The van der Waals surface area contributed by atoms with Gasteiger partial charge in [0.2, 0.25) is 0 Å². The van der Waals surface area contributed by atoms with Crippen molar-refractivity contribution in [3.63, 3.8) is 0 Å². The van der Waals surface area contributed by atoms with Crippen LogP contribution < -0.4 is 0 Å². The molecule has 5 heteroatoms. The Labute approximate surface area is 171 Å². The highest BCUT2D eigenvalue weighted by atomic mass is 32.2. The molecule has 1 aliphatic carbocycles. The van der Waals surface area contributed by atoms with Crippen LogP contribution in [0.25, 0.3) is 17.0 Å². The second-order valence-corrected chi connectivity index (χ2v) is 9.06. The Morgan fingerprint density at radius 1 is 1.18 bits per heavy atom. The Morgan fingerprint density at radius 2 is 1.93 bits per heavy atom. The van der Waals surface area contributed by atoms with Gasteiger partial charge in [0, 0.05) is 35.2 Å². The van der Waals surface area contributed by atoms with Crippen LogP contribution in [0.4, 0.5) is 4.79 Å². The summed E-state index contributed by atoms with van der Waals surface area (Å²) in [5.74, 6) is 0.342. The molecule has 28 heavy (non-hydrogen) atoms. The predicted octanol–water partition coefficient (Wildman–Crippen LogP) is 6.23. The second kappa shape index (κ2) is 8.16. The summed E-state index contributed by atoms with van der Waals surface area (Å²) in [6, 6.07) is 8.66. The SMILES string of the molecule is CC[C@@H](C)n1cc(/C=C2/SC(=O)N(CC3CCCCC3)C2=O)c2ccccc21. The highest BCUT2D eigenvalue weighted by Crippen LogP contribution is 2.36. The Morgan fingerprint density at radius 3 is 2.68 bits per heavy atom. The number of carbonyl (C=O) groups excluding carboxylic acids is 2. The molecule has 4 nitrogen and oxygen atoms in total. The Kier molecular flexibility index (Phi) is 5.63. The normalized spacial score (nSPS) is 21.2. The number of amides is 2. The maximum Gasteiger partial charge on any atom is 0.293 e. The fraction of sp³-hybridized carbons (Fsp3) is 0.478. The molecule has 2 amide bonds. The average molecular weight is 397 g/mol. The summed E-state index contributed by atoms with van der Waals surface area (Å²) < 4.78 is 2.27. The second-order valence-electron chi connectivity index (χ2n) is 8.06. The van der Waals surface area contributed by atoms with E-state index in [0.717, 1.165) is 42.0 Å². The molecule has 1 saturated heterocycles. The molecule has 2 aromatic rings. The van der Waals surface area contributed by atoms with Gasteiger partial charge in [0.25, 0.3) is 11.1 Å². The van der Waals surface area contributed by atoms with Crippen molar-refractivity contribution in [2.75, 3.05) is 6.54 Å². The van der Waals surface area contributed by atoms with Gasteiger partial charge in [-0.05, 0) is 56.0 Å². The first-order chi connectivity index (χ1) is 13.6. The highest BCUT2D eigenvalue weighted by Gasteiger charge is 2.36. The Hall–Kier alpha value is -2.01. The molecule has 0 unspecified atom stereocenters. The number of thioether (sulfide) groups is 1. The van der Waals surface area contributed by atoms with Crippen LogP contribution in [0.15, 0.2) is 35.4 Å². The number of rotatable bonds is 5. The fourth-order valence-electron chi connectivity index (χ4n) is 4.33. The van der Waals surface area contributed by atoms with Crippen molar-refractivity contribution in [1.29, 1.82) is 0 Å². The molecule has 1 atom stereocenters. The lowest BCUT2D eigenvalue weighted by molar-refractivity contribution is -0.123. The van der Waals surface area contributed by atoms with Gasteiger partial charge in [-0.15, -0.1) is 0 Å². The van der Waals surface area contributed by atoms with Gasteiger partial charge in [0.05, 0.1) is 4.91 Å². The first-order valence-corrected chi connectivity index (χ1v) is 11.2. The number of imide groups is 1. The quantitative estimate of drug-likeness (QED) is 0.563. The summed E-state index contributed by atoms with van der Waals surface area (Å²) in [6.07, 6.45) is 11.0. The molecule has 0 N–H and O–H groups in total. The molecule has 0 radical (unpaired) electrons. The summed E-state index contributed by atoms with van der Waals surface area (Å²) in [5.41, 5.74) is 2.18. The summed E-state index contributed by atoms with van der Waals surface area (Å²) in [5, 5.41) is 1.01. The lowest BCUT2D eigenvalue weighted by Crippen LogP contribution is -2.34. The van der Waals surface area contributed by atoms with Gasteiger partial charge in [-0.2, -0.15) is 0 Å². The van der Waals surface area contributed by atoms with Crippen LogP contribution in [-0.4, -0.2) is 27.2 Å². The van der Waals surface area contributed by atoms with E-state index in [9.17, 15) is 9.59 Å². The van der Waals surface area contributed by atoms with E-state index < -0.39 is 0 Å². The van der Waals surface area contributed by atoms with Gasteiger partial charge in [-0.25, -0.2) is 0 Å². The molecule has 148 valence electrons. The predicted molar refractivity (Wildman–Crippen MR) is 116 cm³/mol. The topological polar surface area (TPSA) is 42.3 Å². The molecular weight excluding hydrogens is 368 g/mol. The number of fused-ring (bicyclic) bond motifs is 1. The van der Waals surface area contributed by atoms with E-state index in [1.807, 2.05) is 18.2 Å². The van der Waals surface area contributed by atoms with Gasteiger partial charge in [-0.3, -0.25) is 14.5 Å². The van der Waals surface area contributed by atoms with E-state index in [-0.39, 0.29) is 11.1 Å². The van der Waals surface area contributed by atoms with E-state index >= 15 is 0 Å². The molecule has 0 spiro atoms. The molecule has 1 aliphatic heterocycles. The minimum Gasteiger partial charge on any atom is -0.344 e. The highest BCUT2D eigenvalue weighted by molar-refractivity contribution is 8.18. The molecule has 4 rings (SSSR count). The zero-order valence-electron chi connectivity index (χ0n) is 16.7. The molecule has 1 saturated carbocycles. The average Bonchev–Trinajstić information content (AvgIpc) is 3.21. The summed E-state index contributed by atoms with van der Waals surface area (Å²) in [6.45, 7) is 4.96. The van der Waals surface area contributed by atoms with E-state index in [0.29, 0.717) is 23.4 Å². The molecular formula is C23H28N2O2S. The number of aromatic nitrogens is 1. The number of para-hydroxylation sites is 1. The van der Waals surface area contributed by atoms with Gasteiger partial charge in [0.1, 0.15) is 0 Å².